The van der Waals surface area contributed by atoms with Crippen molar-refractivity contribution in [1.82, 2.24) is 0 Å². The SMILES string of the molecule is CC(SC(C)C(=O)Cl)C(=O)Cl. The van der Waals surface area contributed by atoms with Crippen molar-refractivity contribution in [1.29, 1.82) is 0 Å². The lowest BCUT2D eigenvalue weighted by Gasteiger charge is -2.08. The third kappa shape index (κ3) is 4.67. The second-order valence-electron chi connectivity index (χ2n) is 2.03. The summed E-state index contributed by atoms with van der Waals surface area (Å²) in [6.45, 7) is 3.27. The van der Waals surface area contributed by atoms with Crippen molar-refractivity contribution in [3.8, 4) is 0 Å². The van der Waals surface area contributed by atoms with Gasteiger partial charge in [-0.2, -0.15) is 0 Å². The van der Waals surface area contributed by atoms with E-state index in [4.69, 9.17) is 23.2 Å². The van der Waals surface area contributed by atoms with E-state index in [1.54, 1.807) is 13.8 Å². The molecule has 0 fully saturated rings. The normalized spacial score (nSPS) is 15.6. The maximum atomic E-state index is 10.5. The summed E-state index contributed by atoms with van der Waals surface area (Å²) >= 11 is 11.5. The first-order chi connectivity index (χ1) is 4.95. The molecule has 0 radical (unpaired) electrons. The van der Waals surface area contributed by atoms with E-state index < -0.39 is 10.5 Å². The first-order valence-electron chi connectivity index (χ1n) is 2.99. The molecule has 0 aromatic heterocycles. The van der Waals surface area contributed by atoms with Crippen molar-refractivity contribution in [2.45, 2.75) is 24.3 Å². The molecule has 0 saturated carbocycles. The molecule has 2 unspecified atom stereocenters. The van der Waals surface area contributed by atoms with Crippen LogP contribution in [-0.2, 0) is 9.59 Å². The molecule has 0 rings (SSSR count). The van der Waals surface area contributed by atoms with Crippen LogP contribution in [0.2, 0.25) is 0 Å². The Morgan fingerprint density at radius 3 is 1.55 bits per heavy atom. The lowest BCUT2D eigenvalue weighted by molar-refractivity contribution is -0.111. The lowest BCUT2D eigenvalue weighted by atomic mass is 10.5. The molecule has 2 atom stereocenters. The number of carbonyl (C=O) groups is 2. The number of hydrogen-bond donors (Lipinski definition) is 0. The maximum absolute atomic E-state index is 10.5. The van der Waals surface area contributed by atoms with Crippen LogP contribution in [0.3, 0.4) is 0 Å². The molecule has 0 spiro atoms. The van der Waals surface area contributed by atoms with E-state index in [0.717, 1.165) is 11.8 Å². The first-order valence-corrected chi connectivity index (χ1v) is 4.69. The van der Waals surface area contributed by atoms with Crippen LogP contribution in [0, 0.1) is 0 Å². The average Bonchev–Trinajstić information content (AvgIpc) is 1.87. The Balaban J connectivity index is 3.84. The van der Waals surface area contributed by atoms with E-state index in [9.17, 15) is 9.59 Å². The van der Waals surface area contributed by atoms with Gasteiger partial charge in [0.1, 0.15) is 0 Å². The summed E-state index contributed by atoms with van der Waals surface area (Å²) in [5.41, 5.74) is 0. The summed E-state index contributed by atoms with van der Waals surface area (Å²) in [6.07, 6.45) is 0. The van der Waals surface area contributed by atoms with Gasteiger partial charge < -0.3 is 0 Å². The Kier molecular flexibility index (Phi) is 5.13. The minimum absolute atomic E-state index is 0.380. The average molecular weight is 215 g/mol. The van der Waals surface area contributed by atoms with Crippen molar-refractivity contribution in [3.63, 3.8) is 0 Å². The highest BCUT2D eigenvalue weighted by Crippen LogP contribution is 2.20. The monoisotopic (exact) mass is 214 g/mol. The van der Waals surface area contributed by atoms with Gasteiger partial charge in [-0.3, -0.25) is 9.59 Å². The van der Waals surface area contributed by atoms with Crippen LogP contribution in [0.1, 0.15) is 13.8 Å². The maximum Gasteiger partial charge on any atom is 0.234 e. The predicted molar refractivity (Wildman–Crippen MR) is 48.2 cm³/mol. The van der Waals surface area contributed by atoms with Crippen molar-refractivity contribution in [2.24, 2.45) is 0 Å². The van der Waals surface area contributed by atoms with Crippen LogP contribution >= 0.6 is 35.0 Å². The number of rotatable bonds is 4. The highest BCUT2D eigenvalue weighted by atomic mass is 35.5. The second kappa shape index (κ2) is 5.01. The van der Waals surface area contributed by atoms with E-state index in [2.05, 4.69) is 0 Å². The quantitative estimate of drug-likeness (QED) is 0.673. The zero-order valence-corrected chi connectivity index (χ0v) is 8.46. The number of halogens is 2. The highest BCUT2D eigenvalue weighted by molar-refractivity contribution is 8.02. The van der Waals surface area contributed by atoms with Gasteiger partial charge in [-0.15, -0.1) is 11.8 Å². The molecule has 0 aromatic rings. The Hall–Kier alpha value is 0.270. The molecular formula is C6H8Cl2O2S. The van der Waals surface area contributed by atoms with E-state index in [-0.39, 0.29) is 10.5 Å². The zero-order valence-electron chi connectivity index (χ0n) is 6.14. The van der Waals surface area contributed by atoms with Gasteiger partial charge in [0.2, 0.25) is 10.5 Å². The summed E-state index contributed by atoms with van der Waals surface area (Å²) in [4.78, 5) is 21.0. The lowest BCUT2D eigenvalue weighted by Crippen LogP contribution is -2.15. The topological polar surface area (TPSA) is 34.1 Å². The summed E-state index contributed by atoms with van der Waals surface area (Å²) in [7, 11) is 0. The van der Waals surface area contributed by atoms with Crippen LogP contribution in [-0.4, -0.2) is 21.0 Å². The van der Waals surface area contributed by atoms with Gasteiger partial charge in [-0.05, 0) is 37.0 Å². The van der Waals surface area contributed by atoms with Gasteiger partial charge in [0, 0.05) is 0 Å². The third-order valence-corrected chi connectivity index (χ3v) is 3.21. The Morgan fingerprint density at radius 1 is 1.09 bits per heavy atom. The molecule has 0 aliphatic rings. The van der Waals surface area contributed by atoms with Crippen LogP contribution in [0.25, 0.3) is 0 Å². The third-order valence-electron chi connectivity index (χ3n) is 1.05. The summed E-state index contributed by atoms with van der Waals surface area (Å²) < 4.78 is 0. The first kappa shape index (κ1) is 11.3. The molecule has 0 saturated heterocycles. The molecule has 0 heterocycles. The molecule has 0 aliphatic carbocycles. The van der Waals surface area contributed by atoms with Gasteiger partial charge in [0.05, 0.1) is 10.5 Å². The molecule has 0 amide bonds. The molecule has 0 aromatic carbocycles. The Bertz CT molecular complexity index is 154. The highest BCUT2D eigenvalue weighted by Gasteiger charge is 2.18. The van der Waals surface area contributed by atoms with Crippen LogP contribution in [0.15, 0.2) is 0 Å². The number of carbonyl (C=O) groups excluding carboxylic acids is 2. The Labute approximate surface area is 79.6 Å². The fraction of sp³-hybridized carbons (Fsp3) is 0.667. The molecule has 2 nitrogen and oxygen atoms in total. The number of thioether (sulfide) groups is 1. The van der Waals surface area contributed by atoms with E-state index in [1.165, 1.54) is 0 Å². The fourth-order valence-corrected chi connectivity index (χ4v) is 1.55. The zero-order chi connectivity index (χ0) is 9.02. The smallest absolute Gasteiger partial charge is 0.234 e. The summed E-state index contributed by atoms with van der Waals surface area (Å²) in [6, 6.07) is 0. The fourth-order valence-electron chi connectivity index (χ4n) is 0.413. The van der Waals surface area contributed by atoms with Crippen LogP contribution < -0.4 is 0 Å². The van der Waals surface area contributed by atoms with Gasteiger partial charge >= 0.3 is 0 Å². The van der Waals surface area contributed by atoms with Crippen molar-refractivity contribution >= 4 is 45.4 Å². The van der Waals surface area contributed by atoms with Crippen LogP contribution in [0.5, 0.6) is 0 Å². The van der Waals surface area contributed by atoms with Gasteiger partial charge in [0.25, 0.3) is 0 Å². The standard InChI is InChI=1S/C6H8Cl2O2S/c1-3(5(7)9)11-4(2)6(8)10/h3-4H,1-2H3. The van der Waals surface area contributed by atoms with Crippen molar-refractivity contribution in [3.05, 3.63) is 0 Å². The predicted octanol–water partition coefficient (Wildman–Crippen LogP) is 2.03. The van der Waals surface area contributed by atoms with Crippen molar-refractivity contribution in [2.75, 3.05) is 0 Å². The van der Waals surface area contributed by atoms with E-state index >= 15 is 0 Å². The van der Waals surface area contributed by atoms with Gasteiger partial charge in [-0.1, -0.05) is 0 Å². The molecular weight excluding hydrogens is 207 g/mol. The summed E-state index contributed by atoms with van der Waals surface area (Å²) in [5, 5.41) is -1.68. The van der Waals surface area contributed by atoms with E-state index in [0.29, 0.717) is 0 Å². The van der Waals surface area contributed by atoms with Crippen molar-refractivity contribution < 1.29 is 9.59 Å². The second-order valence-corrected chi connectivity index (χ2v) is 4.46. The summed E-state index contributed by atoms with van der Waals surface area (Å²) in [5.74, 6) is 0. The van der Waals surface area contributed by atoms with Gasteiger partial charge in [0.15, 0.2) is 0 Å². The molecule has 0 bridgehead atoms. The van der Waals surface area contributed by atoms with Gasteiger partial charge in [-0.25, -0.2) is 0 Å². The molecule has 11 heavy (non-hydrogen) atoms. The minimum atomic E-state index is -0.459. The largest absolute Gasteiger partial charge is 0.280 e. The molecule has 64 valence electrons. The van der Waals surface area contributed by atoms with E-state index in [1.807, 2.05) is 0 Å². The molecule has 5 heteroatoms. The molecule has 0 N–H and O–H groups in total. The number of hydrogen-bond acceptors (Lipinski definition) is 3. The molecule has 0 aliphatic heterocycles. The van der Waals surface area contributed by atoms with Crippen LogP contribution in [0.4, 0.5) is 0 Å². The minimum Gasteiger partial charge on any atom is -0.280 e. The Morgan fingerprint density at radius 2 is 1.36 bits per heavy atom.